The highest BCUT2D eigenvalue weighted by Crippen LogP contribution is 2.26. The SMILES string of the molecule is COCCOCCCN1CC(C)(C)NCc2ccccc21. The van der Waals surface area contributed by atoms with Gasteiger partial charge in [0.05, 0.1) is 13.2 Å². The van der Waals surface area contributed by atoms with Crippen LogP contribution in [0.2, 0.25) is 0 Å². The first-order chi connectivity index (χ1) is 10.1. The summed E-state index contributed by atoms with van der Waals surface area (Å²) in [5.41, 5.74) is 2.85. The molecule has 0 amide bonds. The molecule has 1 heterocycles. The van der Waals surface area contributed by atoms with Crippen LogP contribution in [0.25, 0.3) is 0 Å². The second kappa shape index (κ2) is 7.78. The van der Waals surface area contributed by atoms with Crippen LogP contribution >= 0.6 is 0 Å². The van der Waals surface area contributed by atoms with Gasteiger partial charge in [-0.1, -0.05) is 18.2 Å². The number of nitrogens with one attached hydrogen (secondary N) is 1. The number of fused-ring (bicyclic) bond motifs is 1. The van der Waals surface area contributed by atoms with Crippen molar-refractivity contribution in [1.82, 2.24) is 5.32 Å². The molecule has 0 spiro atoms. The van der Waals surface area contributed by atoms with E-state index in [2.05, 4.69) is 48.3 Å². The molecule has 1 aromatic carbocycles. The summed E-state index contributed by atoms with van der Waals surface area (Å²) >= 11 is 0. The van der Waals surface area contributed by atoms with Crippen molar-refractivity contribution in [3.05, 3.63) is 29.8 Å². The first kappa shape index (κ1) is 16.3. The number of methoxy groups -OCH3 is 1. The Kier molecular flexibility index (Phi) is 6.03. The van der Waals surface area contributed by atoms with Crippen molar-refractivity contribution in [3.63, 3.8) is 0 Å². The molecule has 2 rings (SSSR count). The number of anilines is 1. The molecule has 0 unspecified atom stereocenters. The maximum atomic E-state index is 5.57. The van der Waals surface area contributed by atoms with Crippen LogP contribution in [0.1, 0.15) is 25.8 Å². The molecule has 1 N–H and O–H groups in total. The second-order valence-corrected chi connectivity index (χ2v) is 6.25. The van der Waals surface area contributed by atoms with E-state index in [4.69, 9.17) is 9.47 Å². The minimum absolute atomic E-state index is 0.121. The topological polar surface area (TPSA) is 33.7 Å². The smallest absolute Gasteiger partial charge is 0.0700 e. The van der Waals surface area contributed by atoms with Crippen molar-refractivity contribution in [3.8, 4) is 0 Å². The molecule has 0 aromatic heterocycles. The third-order valence-electron chi connectivity index (χ3n) is 3.82. The Morgan fingerprint density at radius 1 is 1.19 bits per heavy atom. The van der Waals surface area contributed by atoms with Crippen molar-refractivity contribution in [2.24, 2.45) is 0 Å². The van der Waals surface area contributed by atoms with Gasteiger partial charge in [-0.15, -0.1) is 0 Å². The van der Waals surface area contributed by atoms with Crippen molar-refractivity contribution >= 4 is 5.69 Å². The molecule has 4 heteroatoms. The Morgan fingerprint density at radius 3 is 2.81 bits per heavy atom. The van der Waals surface area contributed by atoms with E-state index >= 15 is 0 Å². The fourth-order valence-corrected chi connectivity index (χ4v) is 2.72. The summed E-state index contributed by atoms with van der Waals surface area (Å²) in [4.78, 5) is 2.48. The fraction of sp³-hybridized carbons (Fsp3) is 0.647. The first-order valence-corrected chi connectivity index (χ1v) is 7.77. The first-order valence-electron chi connectivity index (χ1n) is 7.77. The van der Waals surface area contributed by atoms with E-state index in [-0.39, 0.29) is 5.54 Å². The van der Waals surface area contributed by atoms with Gasteiger partial charge in [0.2, 0.25) is 0 Å². The Hall–Kier alpha value is -1.10. The normalized spacial score (nSPS) is 17.4. The molecule has 0 saturated carbocycles. The molecular weight excluding hydrogens is 264 g/mol. The lowest BCUT2D eigenvalue weighted by molar-refractivity contribution is 0.0700. The van der Waals surface area contributed by atoms with Crippen LogP contribution in [0, 0.1) is 0 Å². The Labute approximate surface area is 128 Å². The molecule has 0 radical (unpaired) electrons. The van der Waals surface area contributed by atoms with Crippen LogP contribution in [0.3, 0.4) is 0 Å². The molecule has 0 saturated heterocycles. The number of benzene rings is 1. The molecule has 21 heavy (non-hydrogen) atoms. The number of rotatable bonds is 7. The molecule has 1 aromatic rings. The van der Waals surface area contributed by atoms with E-state index in [1.807, 2.05) is 0 Å². The lowest BCUT2D eigenvalue weighted by atomic mass is 10.1. The molecule has 1 aliphatic rings. The molecule has 0 atom stereocenters. The summed E-state index contributed by atoms with van der Waals surface area (Å²) in [6.45, 7) is 9.64. The van der Waals surface area contributed by atoms with Gasteiger partial charge in [-0.3, -0.25) is 0 Å². The lowest BCUT2D eigenvalue weighted by Gasteiger charge is -2.32. The van der Waals surface area contributed by atoms with Crippen LogP contribution in [-0.4, -0.2) is 45.6 Å². The maximum absolute atomic E-state index is 5.57. The van der Waals surface area contributed by atoms with E-state index in [0.717, 1.165) is 32.7 Å². The van der Waals surface area contributed by atoms with Crippen LogP contribution in [0.5, 0.6) is 0 Å². The van der Waals surface area contributed by atoms with Gasteiger partial charge in [0.1, 0.15) is 0 Å². The average Bonchev–Trinajstić information content (AvgIpc) is 2.60. The highest BCUT2D eigenvalue weighted by molar-refractivity contribution is 5.55. The van der Waals surface area contributed by atoms with Crippen LogP contribution in [0.4, 0.5) is 5.69 Å². The summed E-state index contributed by atoms with van der Waals surface area (Å²) in [5, 5.41) is 3.64. The summed E-state index contributed by atoms with van der Waals surface area (Å²) in [6.07, 6.45) is 1.04. The third-order valence-corrected chi connectivity index (χ3v) is 3.82. The van der Waals surface area contributed by atoms with E-state index in [0.29, 0.717) is 13.2 Å². The molecule has 0 bridgehead atoms. The fourth-order valence-electron chi connectivity index (χ4n) is 2.72. The minimum Gasteiger partial charge on any atom is -0.382 e. The van der Waals surface area contributed by atoms with Crippen molar-refractivity contribution in [2.75, 3.05) is 44.9 Å². The van der Waals surface area contributed by atoms with E-state index in [1.165, 1.54) is 11.3 Å². The monoisotopic (exact) mass is 292 g/mol. The zero-order chi connectivity index (χ0) is 15.1. The standard InChI is InChI=1S/C17H28N2O2/c1-17(2)14-19(9-6-10-21-12-11-20-3)16-8-5-4-7-15(16)13-18-17/h4-5,7-8,18H,6,9-14H2,1-3H3. The van der Waals surface area contributed by atoms with Gasteiger partial charge in [0.15, 0.2) is 0 Å². The number of ether oxygens (including phenoxy) is 2. The number of hydrogen-bond acceptors (Lipinski definition) is 4. The molecule has 1 aliphatic heterocycles. The number of nitrogens with zero attached hydrogens (tertiary/aromatic N) is 1. The Bertz CT molecular complexity index is 435. The summed E-state index contributed by atoms with van der Waals surface area (Å²) < 4.78 is 10.6. The van der Waals surface area contributed by atoms with E-state index < -0.39 is 0 Å². The molecule has 118 valence electrons. The predicted octanol–water partition coefficient (Wildman–Crippen LogP) is 2.43. The number of hydrogen-bond donors (Lipinski definition) is 1. The zero-order valence-corrected chi connectivity index (χ0v) is 13.5. The zero-order valence-electron chi connectivity index (χ0n) is 13.5. The van der Waals surface area contributed by atoms with Crippen LogP contribution < -0.4 is 10.2 Å². The number of para-hydroxylation sites is 1. The summed E-state index contributed by atoms with van der Waals surface area (Å²) in [7, 11) is 1.70. The van der Waals surface area contributed by atoms with Gasteiger partial charge in [0.25, 0.3) is 0 Å². The van der Waals surface area contributed by atoms with Gasteiger partial charge < -0.3 is 19.7 Å². The Morgan fingerprint density at radius 2 is 2.00 bits per heavy atom. The minimum atomic E-state index is 0.121. The maximum Gasteiger partial charge on any atom is 0.0700 e. The van der Waals surface area contributed by atoms with Gasteiger partial charge in [0, 0.05) is 44.6 Å². The van der Waals surface area contributed by atoms with Gasteiger partial charge in [-0.25, -0.2) is 0 Å². The largest absolute Gasteiger partial charge is 0.382 e. The van der Waals surface area contributed by atoms with E-state index in [9.17, 15) is 0 Å². The van der Waals surface area contributed by atoms with Crippen molar-refractivity contribution in [1.29, 1.82) is 0 Å². The third kappa shape index (κ3) is 4.99. The molecular formula is C17H28N2O2. The van der Waals surface area contributed by atoms with Crippen molar-refractivity contribution in [2.45, 2.75) is 32.4 Å². The molecule has 0 aliphatic carbocycles. The van der Waals surface area contributed by atoms with E-state index in [1.54, 1.807) is 7.11 Å². The van der Waals surface area contributed by atoms with Crippen LogP contribution in [0.15, 0.2) is 24.3 Å². The predicted molar refractivity (Wildman–Crippen MR) is 86.9 cm³/mol. The van der Waals surface area contributed by atoms with Crippen LogP contribution in [-0.2, 0) is 16.0 Å². The molecule has 0 fully saturated rings. The summed E-state index contributed by atoms with van der Waals surface area (Å²) in [6, 6.07) is 8.68. The Balaban J connectivity index is 1.92. The highest BCUT2D eigenvalue weighted by atomic mass is 16.5. The van der Waals surface area contributed by atoms with Crippen molar-refractivity contribution < 1.29 is 9.47 Å². The second-order valence-electron chi connectivity index (χ2n) is 6.25. The van der Waals surface area contributed by atoms with Gasteiger partial charge in [-0.05, 0) is 31.9 Å². The quantitative estimate of drug-likeness (QED) is 0.783. The molecule has 4 nitrogen and oxygen atoms in total. The highest BCUT2D eigenvalue weighted by Gasteiger charge is 2.26. The summed E-state index contributed by atoms with van der Waals surface area (Å²) in [5.74, 6) is 0. The van der Waals surface area contributed by atoms with Gasteiger partial charge in [-0.2, -0.15) is 0 Å². The average molecular weight is 292 g/mol. The lowest BCUT2D eigenvalue weighted by Crippen LogP contribution is -2.47. The van der Waals surface area contributed by atoms with Gasteiger partial charge >= 0.3 is 0 Å².